The van der Waals surface area contributed by atoms with Crippen molar-refractivity contribution in [1.82, 2.24) is 16.0 Å². The molecule has 0 bridgehead atoms. The molecule has 4 unspecified atom stereocenters. The monoisotopic (exact) mass is 502 g/mol. The molecule has 11 N–H and O–H groups in total. The number of nitrogens with two attached hydrogens (primary N) is 3. The Kier molecular flexibility index (Phi) is 14.9. The van der Waals surface area contributed by atoms with Crippen LogP contribution in [0.25, 0.3) is 0 Å². The van der Waals surface area contributed by atoms with Gasteiger partial charge in [0.15, 0.2) is 0 Å². The van der Waals surface area contributed by atoms with Gasteiger partial charge in [-0.2, -0.15) is 0 Å². The fourth-order valence-electron chi connectivity index (χ4n) is 3.09. The molecular weight excluding hydrogens is 464 g/mol. The lowest BCUT2D eigenvalue weighted by atomic mass is 10.0. The van der Waals surface area contributed by atoms with Gasteiger partial charge in [0.2, 0.25) is 23.6 Å². The molecule has 0 aliphatic heterocycles. The number of unbranched alkanes of at least 4 members (excludes halogenated alkanes) is 1. The minimum atomic E-state index is -1.57. The first-order valence-corrected chi connectivity index (χ1v) is 11.4. The number of hydrogen-bond acceptors (Lipinski definition) is 8. The average Bonchev–Trinajstić information content (AvgIpc) is 2.74. The van der Waals surface area contributed by atoms with Crippen molar-refractivity contribution >= 4 is 35.6 Å². The fourth-order valence-corrected chi connectivity index (χ4v) is 3.09. The van der Waals surface area contributed by atoms with Crippen LogP contribution in [0.2, 0.25) is 0 Å². The van der Waals surface area contributed by atoms with E-state index in [4.69, 9.17) is 22.3 Å². The second kappa shape index (κ2) is 16.4. The molecule has 200 valence electrons. The van der Waals surface area contributed by atoms with E-state index in [1.807, 2.05) is 0 Å². The number of rotatable bonds is 18. The molecule has 0 aromatic carbocycles. The summed E-state index contributed by atoms with van der Waals surface area (Å²) >= 11 is 0. The number of carbonyl (C=O) groups excluding carboxylic acids is 4. The molecule has 0 saturated carbocycles. The Labute approximate surface area is 203 Å². The molecule has 35 heavy (non-hydrogen) atoms. The standard InChI is InChI=1S/C21H38N6O8/c1-11(2)9-14(19(32)25-13(21(34)35)5-3-4-8-22)27-20(33)15(10-17(29)30)26-18(31)12(23)6-7-16(24)28/h11-15H,3-10,22-23H2,1-2H3,(H2,24,28)(H,25,32)(H,26,31)(H,27,33)(H,29,30)(H,34,35). The second-order valence-electron chi connectivity index (χ2n) is 8.65. The summed E-state index contributed by atoms with van der Waals surface area (Å²) in [7, 11) is 0. The third kappa shape index (κ3) is 13.9. The highest BCUT2D eigenvalue weighted by Gasteiger charge is 2.31. The van der Waals surface area contributed by atoms with Gasteiger partial charge in [-0.1, -0.05) is 13.8 Å². The quantitative estimate of drug-likeness (QED) is 0.0935. The number of carboxylic acids is 2. The maximum atomic E-state index is 12.8. The van der Waals surface area contributed by atoms with E-state index < -0.39 is 66.2 Å². The van der Waals surface area contributed by atoms with E-state index >= 15 is 0 Å². The van der Waals surface area contributed by atoms with E-state index in [1.165, 1.54) is 0 Å². The van der Waals surface area contributed by atoms with Gasteiger partial charge >= 0.3 is 11.9 Å². The molecule has 0 aliphatic carbocycles. The van der Waals surface area contributed by atoms with E-state index in [-0.39, 0.29) is 31.6 Å². The van der Waals surface area contributed by atoms with E-state index in [2.05, 4.69) is 16.0 Å². The predicted molar refractivity (Wildman–Crippen MR) is 124 cm³/mol. The SMILES string of the molecule is CC(C)CC(NC(=O)C(CC(=O)O)NC(=O)C(N)CCC(N)=O)C(=O)NC(CCCCN)C(=O)O. The number of hydrogen-bond donors (Lipinski definition) is 8. The van der Waals surface area contributed by atoms with Gasteiger partial charge in [-0.05, 0) is 44.6 Å². The molecule has 0 rings (SSSR count). The summed E-state index contributed by atoms with van der Waals surface area (Å²) in [6.45, 7) is 3.92. The molecule has 14 heteroatoms. The zero-order valence-electron chi connectivity index (χ0n) is 20.1. The molecule has 0 aliphatic rings. The number of primary amides is 1. The highest BCUT2D eigenvalue weighted by molar-refractivity contribution is 5.95. The Morgan fingerprint density at radius 2 is 1.34 bits per heavy atom. The van der Waals surface area contributed by atoms with Gasteiger partial charge in [0.25, 0.3) is 0 Å². The number of aliphatic carboxylic acids is 2. The molecule has 4 atom stereocenters. The Balaban J connectivity index is 5.45. The first-order valence-electron chi connectivity index (χ1n) is 11.4. The van der Waals surface area contributed by atoms with Crippen LogP contribution in [-0.2, 0) is 28.8 Å². The minimum Gasteiger partial charge on any atom is -0.481 e. The van der Waals surface area contributed by atoms with Crippen molar-refractivity contribution in [2.75, 3.05) is 6.54 Å². The van der Waals surface area contributed by atoms with Crippen molar-refractivity contribution in [2.45, 2.75) is 83.0 Å². The lowest BCUT2D eigenvalue weighted by Gasteiger charge is -2.25. The Morgan fingerprint density at radius 3 is 1.83 bits per heavy atom. The molecule has 0 fully saturated rings. The molecule has 0 aromatic rings. The zero-order chi connectivity index (χ0) is 27.1. The highest BCUT2D eigenvalue weighted by Crippen LogP contribution is 2.09. The Hall–Kier alpha value is -3.26. The summed E-state index contributed by atoms with van der Waals surface area (Å²) in [5, 5.41) is 25.6. The van der Waals surface area contributed by atoms with Crippen LogP contribution in [0.4, 0.5) is 0 Å². The van der Waals surface area contributed by atoms with Gasteiger partial charge in [0, 0.05) is 6.42 Å². The van der Waals surface area contributed by atoms with E-state index in [9.17, 15) is 33.9 Å². The molecule has 0 radical (unpaired) electrons. The highest BCUT2D eigenvalue weighted by atomic mass is 16.4. The maximum Gasteiger partial charge on any atom is 0.326 e. The lowest BCUT2D eigenvalue weighted by Crippen LogP contribution is -2.57. The van der Waals surface area contributed by atoms with Crippen LogP contribution >= 0.6 is 0 Å². The summed E-state index contributed by atoms with van der Waals surface area (Å²) < 4.78 is 0. The first kappa shape index (κ1) is 31.7. The van der Waals surface area contributed by atoms with Crippen LogP contribution in [0.15, 0.2) is 0 Å². The molecule has 0 heterocycles. The molecule has 14 nitrogen and oxygen atoms in total. The number of carbonyl (C=O) groups is 6. The third-order valence-electron chi connectivity index (χ3n) is 4.95. The summed E-state index contributed by atoms with van der Waals surface area (Å²) in [5.74, 6) is -6.01. The number of nitrogens with one attached hydrogen (secondary N) is 3. The smallest absolute Gasteiger partial charge is 0.326 e. The predicted octanol–water partition coefficient (Wildman–Crippen LogP) is -2.23. The van der Waals surface area contributed by atoms with Gasteiger partial charge in [-0.3, -0.25) is 24.0 Å². The van der Waals surface area contributed by atoms with Gasteiger partial charge < -0.3 is 43.4 Å². The largest absolute Gasteiger partial charge is 0.481 e. The molecule has 0 saturated heterocycles. The van der Waals surface area contributed by atoms with Gasteiger partial charge in [0.05, 0.1) is 12.5 Å². The first-order chi connectivity index (χ1) is 16.3. The topological polar surface area (TPSA) is 257 Å². The van der Waals surface area contributed by atoms with Crippen LogP contribution in [0.1, 0.15) is 58.8 Å². The molecular formula is C21H38N6O8. The lowest BCUT2D eigenvalue weighted by molar-refractivity contribution is -0.143. The summed E-state index contributed by atoms with van der Waals surface area (Å²) in [5.41, 5.74) is 16.1. The molecule has 0 aromatic heterocycles. The fraction of sp³-hybridized carbons (Fsp3) is 0.714. The van der Waals surface area contributed by atoms with E-state index in [1.54, 1.807) is 13.8 Å². The van der Waals surface area contributed by atoms with Gasteiger partial charge in [0.1, 0.15) is 18.1 Å². The van der Waals surface area contributed by atoms with Crippen molar-refractivity contribution in [2.24, 2.45) is 23.1 Å². The minimum absolute atomic E-state index is 0.0960. The summed E-state index contributed by atoms with van der Waals surface area (Å²) in [6, 6.07) is -5.16. The molecule has 0 spiro atoms. The van der Waals surface area contributed by atoms with Gasteiger partial charge in [-0.15, -0.1) is 0 Å². The Bertz CT molecular complexity index is 760. The van der Waals surface area contributed by atoms with Crippen LogP contribution in [-0.4, -0.2) is 76.5 Å². The Morgan fingerprint density at radius 1 is 0.800 bits per heavy atom. The average molecular weight is 503 g/mol. The van der Waals surface area contributed by atoms with E-state index in [0.717, 1.165) is 0 Å². The van der Waals surface area contributed by atoms with Crippen LogP contribution in [0, 0.1) is 5.92 Å². The summed E-state index contributed by atoms with van der Waals surface area (Å²) in [6.07, 6.45) is 0.216. The maximum absolute atomic E-state index is 12.8. The van der Waals surface area contributed by atoms with Crippen LogP contribution in [0.5, 0.6) is 0 Å². The van der Waals surface area contributed by atoms with Gasteiger partial charge in [-0.25, -0.2) is 4.79 Å². The number of carboxylic acid groups (broad SMARTS) is 2. The van der Waals surface area contributed by atoms with E-state index in [0.29, 0.717) is 19.4 Å². The molecule has 4 amide bonds. The normalized spacial score (nSPS) is 14.3. The van der Waals surface area contributed by atoms with Crippen LogP contribution < -0.4 is 33.2 Å². The van der Waals surface area contributed by atoms with Crippen molar-refractivity contribution in [3.8, 4) is 0 Å². The zero-order valence-corrected chi connectivity index (χ0v) is 20.1. The number of amides is 4. The second-order valence-corrected chi connectivity index (χ2v) is 8.65. The van der Waals surface area contributed by atoms with Crippen molar-refractivity contribution < 1.29 is 39.0 Å². The van der Waals surface area contributed by atoms with Crippen LogP contribution in [0.3, 0.4) is 0 Å². The van der Waals surface area contributed by atoms with Crippen molar-refractivity contribution in [3.63, 3.8) is 0 Å². The van der Waals surface area contributed by atoms with Crippen molar-refractivity contribution in [1.29, 1.82) is 0 Å². The summed E-state index contributed by atoms with van der Waals surface area (Å²) in [4.78, 5) is 71.5. The third-order valence-corrected chi connectivity index (χ3v) is 4.95. The van der Waals surface area contributed by atoms with Crippen molar-refractivity contribution in [3.05, 3.63) is 0 Å².